The highest BCUT2D eigenvalue weighted by atomic mass is 16.3. The van der Waals surface area contributed by atoms with Gasteiger partial charge in [-0.15, -0.1) is 0 Å². The smallest absolute Gasteiger partial charge is 0.221 e. The molecular formula is C26H28N4O2. The van der Waals surface area contributed by atoms with Crippen molar-refractivity contribution in [3.63, 3.8) is 0 Å². The van der Waals surface area contributed by atoms with Crippen LogP contribution in [0.4, 0.5) is 5.82 Å². The normalized spacial score (nSPS) is 11.1. The van der Waals surface area contributed by atoms with Crippen LogP contribution in [0.3, 0.4) is 0 Å². The number of aromatic nitrogens is 2. The van der Waals surface area contributed by atoms with Gasteiger partial charge >= 0.3 is 0 Å². The Kier molecular flexibility index (Phi) is 6.80. The van der Waals surface area contributed by atoms with Crippen LogP contribution in [0.25, 0.3) is 22.5 Å². The zero-order valence-corrected chi connectivity index (χ0v) is 18.5. The molecule has 0 unspecified atom stereocenters. The van der Waals surface area contributed by atoms with E-state index < -0.39 is 0 Å². The fraction of sp³-hybridized carbons (Fsp3) is 0.269. The van der Waals surface area contributed by atoms with Crippen molar-refractivity contribution in [1.29, 1.82) is 0 Å². The molecule has 32 heavy (non-hydrogen) atoms. The van der Waals surface area contributed by atoms with Gasteiger partial charge < -0.3 is 14.6 Å². The Balaban J connectivity index is 1.69. The monoisotopic (exact) mass is 428 g/mol. The summed E-state index contributed by atoms with van der Waals surface area (Å²) >= 11 is 0. The second-order valence-electron chi connectivity index (χ2n) is 8.06. The molecule has 0 saturated carbocycles. The molecule has 1 N–H and O–H groups in total. The van der Waals surface area contributed by atoms with Crippen LogP contribution >= 0.6 is 0 Å². The molecule has 0 aliphatic carbocycles. The lowest BCUT2D eigenvalue weighted by Crippen LogP contribution is -2.35. The van der Waals surface area contributed by atoms with E-state index in [0.29, 0.717) is 24.6 Å². The first-order chi connectivity index (χ1) is 15.6. The lowest BCUT2D eigenvalue weighted by Gasteiger charge is -2.25. The number of benzene rings is 2. The molecule has 0 fully saturated rings. The van der Waals surface area contributed by atoms with Crippen molar-refractivity contribution in [2.24, 2.45) is 0 Å². The summed E-state index contributed by atoms with van der Waals surface area (Å²) in [5.74, 6) is 2.02. The van der Waals surface area contributed by atoms with Gasteiger partial charge in [0.25, 0.3) is 0 Å². The molecule has 0 saturated heterocycles. The topological polar surface area (TPSA) is 71.3 Å². The third-order valence-electron chi connectivity index (χ3n) is 5.20. The van der Waals surface area contributed by atoms with Gasteiger partial charge in [-0.2, -0.15) is 0 Å². The molecule has 1 amide bonds. The van der Waals surface area contributed by atoms with Gasteiger partial charge in [0, 0.05) is 30.9 Å². The van der Waals surface area contributed by atoms with Crippen LogP contribution in [0, 0.1) is 0 Å². The highest BCUT2D eigenvalue weighted by Crippen LogP contribution is 2.28. The van der Waals surface area contributed by atoms with Crippen molar-refractivity contribution in [2.45, 2.75) is 32.7 Å². The zero-order valence-electron chi connectivity index (χ0n) is 18.5. The molecule has 0 radical (unpaired) electrons. The molecule has 6 heteroatoms. The number of anilines is 1. The average molecular weight is 429 g/mol. The molecule has 0 aliphatic heterocycles. The summed E-state index contributed by atoms with van der Waals surface area (Å²) in [6.07, 6.45) is 2.86. The van der Waals surface area contributed by atoms with E-state index in [-0.39, 0.29) is 11.9 Å². The van der Waals surface area contributed by atoms with Gasteiger partial charge in [-0.3, -0.25) is 4.79 Å². The molecule has 4 rings (SSSR count). The van der Waals surface area contributed by atoms with E-state index in [1.165, 1.54) is 5.56 Å². The maximum atomic E-state index is 12.4. The van der Waals surface area contributed by atoms with Crippen molar-refractivity contribution < 1.29 is 9.21 Å². The van der Waals surface area contributed by atoms with Crippen LogP contribution in [0.1, 0.15) is 25.8 Å². The van der Waals surface area contributed by atoms with Crippen molar-refractivity contribution in [3.8, 4) is 11.6 Å². The van der Waals surface area contributed by atoms with Crippen LogP contribution in [0.15, 0.2) is 77.4 Å². The molecule has 0 bridgehead atoms. The summed E-state index contributed by atoms with van der Waals surface area (Å²) in [7, 11) is 0. The van der Waals surface area contributed by atoms with Gasteiger partial charge in [0.15, 0.2) is 11.6 Å². The molecule has 4 aromatic rings. The maximum Gasteiger partial charge on any atom is 0.221 e. The molecule has 6 nitrogen and oxygen atoms in total. The number of para-hydroxylation sites is 1. The van der Waals surface area contributed by atoms with E-state index in [1.54, 1.807) is 6.26 Å². The Morgan fingerprint density at radius 2 is 1.75 bits per heavy atom. The minimum absolute atomic E-state index is 0.0364. The number of nitrogens with zero attached hydrogens (tertiary/aromatic N) is 3. The van der Waals surface area contributed by atoms with Gasteiger partial charge in [-0.25, -0.2) is 9.97 Å². The van der Waals surface area contributed by atoms with Crippen LogP contribution < -0.4 is 10.2 Å². The minimum atomic E-state index is 0.0364. The van der Waals surface area contributed by atoms with Gasteiger partial charge in [0.1, 0.15) is 5.82 Å². The fourth-order valence-electron chi connectivity index (χ4n) is 3.68. The molecule has 0 atom stereocenters. The summed E-state index contributed by atoms with van der Waals surface area (Å²) in [6.45, 7) is 5.23. The highest BCUT2D eigenvalue weighted by molar-refractivity contribution is 5.91. The first kappa shape index (κ1) is 21.6. The number of nitrogens with one attached hydrogen (secondary N) is 1. The first-order valence-electron chi connectivity index (χ1n) is 11.0. The molecular weight excluding hydrogens is 400 g/mol. The van der Waals surface area contributed by atoms with Crippen molar-refractivity contribution in [2.75, 3.05) is 18.0 Å². The largest absolute Gasteiger partial charge is 0.461 e. The molecule has 2 heterocycles. The number of carbonyl (C=O) groups excluding carboxylic acids is 1. The van der Waals surface area contributed by atoms with Gasteiger partial charge in [-0.05, 0) is 50.1 Å². The number of carbonyl (C=O) groups is 1. The molecule has 164 valence electrons. The van der Waals surface area contributed by atoms with Gasteiger partial charge in [-0.1, -0.05) is 42.5 Å². The first-order valence-corrected chi connectivity index (χ1v) is 11.0. The second kappa shape index (κ2) is 10.1. The number of furan rings is 1. The maximum absolute atomic E-state index is 12.4. The zero-order chi connectivity index (χ0) is 22.3. The minimum Gasteiger partial charge on any atom is -0.461 e. The van der Waals surface area contributed by atoms with E-state index in [0.717, 1.165) is 29.7 Å². The van der Waals surface area contributed by atoms with Crippen LogP contribution in [0.5, 0.6) is 0 Å². The van der Waals surface area contributed by atoms with Crippen LogP contribution in [-0.2, 0) is 11.2 Å². The Labute approximate surface area is 188 Å². The third-order valence-corrected chi connectivity index (χ3v) is 5.20. The SMILES string of the molecule is CC(C)NC(=O)CCN(CCc1ccccc1)c1nc(-c2ccco2)nc2ccccc12. The van der Waals surface area contributed by atoms with E-state index in [1.807, 2.05) is 68.4 Å². The van der Waals surface area contributed by atoms with Crippen molar-refractivity contribution in [1.82, 2.24) is 15.3 Å². The summed E-state index contributed by atoms with van der Waals surface area (Å²) in [5, 5.41) is 3.94. The summed E-state index contributed by atoms with van der Waals surface area (Å²) in [5.41, 5.74) is 2.09. The van der Waals surface area contributed by atoms with E-state index in [2.05, 4.69) is 22.3 Å². The quantitative estimate of drug-likeness (QED) is 0.412. The Morgan fingerprint density at radius 3 is 2.50 bits per heavy atom. The fourth-order valence-corrected chi connectivity index (χ4v) is 3.68. The van der Waals surface area contributed by atoms with Crippen LogP contribution in [-0.4, -0.2) is 35.0 Å². The lowest BCUT2D eigenvalue weighted by atomic mass is 10.1. The summed E-state index contributed by atoms with van der Waals surface area (Å²) in [6, 6.07) is 22.1. The Morgan fingerprint density at radius 1 is 0.969 bits per heavy atom. The van der Waals surface area contributed by atoms with Crippen molar-refractivity contribution in [3.05, 3.63) is 78.6 Å². The number of rotatable bonds is 9. The number of fused-ring (bicyclic) bond motifs is 1. The van der Waals surface area contributed by atoms with Gasteiger partial charge in [0.2, 0.25) is 5.91 Å². The summed E-state index contributed by atoms with van der Waals surface area (Å²) < 4.78 is 5.57. The van der Waals surface area contributed by atoms with Crippen molar-refractivity contribution >= 4 is 22.6 Å². The molecule has 0 spiro atoms. The molecule has 2 aromatic heterocycles. The molecule has 2 aromatic carbocycles. The Hall–Kier alpha value is -3.67. The Bertz CT molecular complexity index is 1160. The third kappa shape index (κ3) is 5.32. The predicted octanol–water partition coefficient (Wildman–Crippen LogP) is 4.85. The number of hydrogen-bond donors (Lipinski definition) is 1. The van der Waals surface area contributed by atoms with E-state index in [9.17, 15) is 4.79 Å². The van der Waals surface area contributed by atoms with Crippen LogP contribution in [0.2, 0.25) is 0 Å². The lowest BCUT2D eigenvalue weighted by molar-refractivity contribution is -0.121. The van der Waals surface area contributed by atoms with E-state index in [4.69, 9.17) is 14.4 Å². The molecule has 0 aliphatic rings. The second-order valence-corrected chi connectivity index (χ2v) is 8.06. The number of amides is 1. The van der Waals surface area contributed by atoms with Gasteiger partial charge in [0.05, 0.1) is 11.8 Å². The predicted molar refractivity (Wildman–Crippen MR) is 127 cm³/mol. The standard InChI is InChI=1S/C26H28N4O2/c1-19(2)27-24(31)15-17-30(16-14-20-9-4-3-5-10-20)26-21-11-6-7-12-22(21)28-25(29-26)23-13-8-18-32-23/h3-13,18-19H,14-17H2,1-2H3,(H,27,31). The summed E-state index contributed by atoms with van der Waals surface area (Å²) in [4.78, 5) is 24.2. The highest BCUT2D eigenvalue weighted by Gasteiger charge is 2.18. The van der Waals surface area contributed by atoms with E-state index >= 15 is 0 Å². The average Bonchev–Trinajstić information content (AvgIpc) is 3.34. The number of hydrogen-bond acceptors (Lipinski definition) is 5.